The quantitative estimate of drug-likeness (QED) is 0.671. The molecule has 0 spiro atoms. The second-order valence-electron chi connectivity index (χ2n) is 1.89. The predicted molar refractivity (Wildman–Crippen MR) is 56.9 cm³/mol. The fourth-order valence-corrected chi connectivity index (χ4v) is 0.680. The molecule has 0 saturated heterocycles. The van der Waals surface area contributed by atoms with Crippen molar-refractivity contribution < 1.29 is 12.7 Å². The van der Waals surface area contributed by atoms with Gasteiger partial charge in [-0.3, -0.25) is 0 Å². The summed E-state index contributed by atoms with van der Waals surface area (Å²) in [7, 11) is 0. The minimum absolute atomic E-state index is 0. The topological polar surface area (TPSA) is 29.5 Å². The van der Waals surface area contributed by atoms with Crippen molar-refractivity contribution in [3.05, 3.63) is 30.3 Å². The Kier molecular flexibility index (Phi) is 11.5. The smallest absolute Gasteiger partial charge is 1.00 e. The van der Waals surface area contributed by atoms with Crippen LogP contribution in [0.2, 0.25) is 0 Å². The zero-order chi connectivity index (χ0) is 7.23. The van der Waals surface area contributed by atoms with Gasteiger partial charge in [-0.2, -0.15) is 0 Å². The zero-order valence-corrected chi connectivity index (χ0v) is 7.78. The summed E-state index contributed by atoms with van der Waals surface area (Å²) in [4.78, 5) is 0. The number of ether oxygens (including phenoxy) is 1. The van der Waals surface area contributed by atoms with E-state index in [2.05, 4.69) is 0 Å². The third-order valence-electron chi connectivity index (χ3n) is 1.10. The van der Waals surface area contributed by atoms with Gasteiger partial charge in [0.2, 0.25) is 0 Å². The number of benzene rings is 1. The summed E-state index contributed by atoms with van der Waals surface area (Å²) in [5.41, 5.74) is 0. The molecule has 0 heterocycles. The first-order valence-corrected chi connectivity index (χ1v) is 3.22. The van der Waals surface area contributed by atoms with Crippen LogP contribution >= 0.6 is 0 Å². The van der Waals surface area contributed by atoms with Crippen molar-refractivity contribution in [3.8, 4) is 5.75 Å². The van der Waals surface area contributed by atoms with Gasteiger partial charge in [-0.05, 0) is 12.1 Å². The molecule has 0 radical (unpaired) electrons. The zero-order valence-electron chi connectivity index (χ0n) is 8.36. The third-order valence-corrected chi connectivity index (χ3v) is 1.10. The Labute approximate surface area is 102 Å². The summed E-state index contributed by atoms with van der Waals surface area (Å²) in [6.45, 7) is 0.429. The number of hydrogen-bond donors (Lipinski definition) is 1. The molecule has 0 atom stereocenters. The van der Waals surface area contributed by atoms with Gasteiger partial charge in [-0.25, -0.2) is 0 Å². The molecular weight excluding hydrogens is 179 g/mol. The predicted octanol–water partition coefficient (Wildman–Crippen LogP) is -0.282. The van der Waals surface area contributed by atoms with Crippen LogP contribution in [0.1, 0.15) is 2.85 Å². The third kappa shape index (κ3) is 5.87. The Morgan fingerprint density at radius 1 is 1.25 bits per heavy atom. The first kappa shape index (κ1) is 14.8. The van der Waals surface area contributed by atoms with E-state index >= 15 is 0 Å². The average Bonchev–Trinajstić information content (AvgIpc) is 2.03. The summed E-state index contributed by atoms with van der Waals surface area (Å²) in [6, 6.07) is 9.43. The molecule has 2 nitrogen and oxygen atoms in total. The number of hydrogen-bond acceptors (Lipinski definition) is 2. The average molecular weight is 194 g/mol. The molecule has 0 saturated carbocycles. The number of aliphatic hydroxyl groups excluding tert-OH is 1. The van der Waals surface area contributed by atoms with Gasteiger partial charge >= 0.3 is 23.1 Å². The van der Waals surface area contributed by atoms with E-state index in [0.717, 1.165) is 5.75 Å². The first-order chi connectivity index (χ1) is 4.93. The monoisotopic (exact) mass is 194 g/mol. The standard InChI is InChI=1S/C8H10O2.Al.Mg.5H/c9-6-7-10-8-4-2-1-3-5-8;;;;;;;/h1-5,9H,6-7H2;;;;;;;/q;;+2;;;;2*-1. The molecule has 0 fully saturated rings. The molecule has 0 aliphatic heterocycles. The van der Waals surface area contributed by atoms with Gasteiger partial charge in [-0.1, -0.05) is 18.2 Å². The Bertz CT molecular complexity index is 190. The van der Waals surface area contributed by atoms with Crippen molar-refractivity contribution in [2.45, 2.75) is 0 Å². The maximum Gasteiger partial charge on any atom is 2.00 e. The summed E-state index contributed by atoms with van der Waals surface area (Å²) in [5, 5.41) is 8.40. The maximum atomic E-state index is 8.40. The molecule has 12 heavy (non-hydrogen) atoms. The van der Waals surface area contributed by atoms with E-state index in [1.54, 1.807) is 0 Å². The summed E-state index contributed by atoms with van der Waals surface area (Å²) < 4.78 is 5.11. The van der Waals surface area contributed by atoms with Gasteiger partial charge in [0, 0.05) is 0 Å². The van der Waals surface area contributed by atoms with Crippen molar-refractivity contribution in [1.29, 1.82) is 0 Å². The van der Waals surface area contributed by atoms with Crippen molar-refractivity contribution >= 4 is 40.4 Å². The SMILES string of the molecule is OCCOc1ccccc1.[AlH3].[H-].[H-].[Mg+2]. The summed E-state index contributed by atoms with van der Waals surface area (Å²) in [5.74, 6) is 0.802. The van der Waals surface area contributed by atoms with Crippen molar-refractivity contribution in [3.63, 3.8) is 0 Å². The van der Waals surface area contributed by atoms with E-state index in [0.29, 0.717) is 6.61 Å². The fourth-order valence-electron chi connectivity index (χ4n) is 0.680. The van der Waals surface area contributed by atoms with Gasteiger partial charge in [0.15, 0.2) is 17.4 Å². The van der Waals surface area contributed by atoms with Crippen molar-refractivity contribution in [2.24, 2.45) is 0 Å². The maximum absolute atomic E-state index is 8.40. The summed E-state index contributed by atoms with van der Waals surface area (Å²) in [6.07, 6.45) is 0. The van der Waals surface area contributed by atoms with E-state index in [9.17, 15) is 0 Å². The molecule has 1 rings (SSSR count). The van der Waals surface area contributed by atoms with Crippen LogP contribution < -0.4 is 4.74 Å². The van der Waals surface area contributed by atoms with Crippen LogP contribution in [0.25, 0.3) is 0 Å². The van der Waals surface area contributed by atoms with E-state index in [-0.39, 0.29) is 49.9 Å². The fraction of sp³-hybridized carbons (Fsp3) is 0.250. The molecule has 1 N–H and O–H groups in total. The summed E-state index contributed by atoms with van der Waals surface area (Å²) >= 11 is 0. The Balaban J connectivity index is -0.000000125. The van der Waals surface area contributed by atoms with Crippen LogP contribution in [-0.4, -0.2) is 58.7 Å². The Morgan fingerprint density at radius 2 is 1.83 bits per heavy atom. The van der Waals surface area contributed by atoms with Crippen LogP contribution in [0, 0.1) is 0 Å². The van der Waals surface area contributed by atoms with Crippen LogP contribution in [0.15, 0.2) is 30.3 Å². The molecule has 0 amide bonds. The number of aliphatic hydroxyl groups is 1. The van der Waals surface area contributed by atoms with Crippen molar-refractivity contribution in [2.75, 3.05) is 13.2 Å². The number of para-hydroxylation sites is 1. The Hall–Kier alpha value is 0.279. The van der Waals surface area contributed by atoms with E-state index in [1.807, 2.05) is 30.3 Å². The molecule has 0 bridgehead atoms. The molecule has 64 valence electrons. The first-order valence-electron chi connectivity index (χ1n) is 3.22. The van der Waals surface area contributed by atoms with Crippen molar-refractivity contribution in [1.82, 2.24) is 0 Å². The van der Waals surface area contributed by atoms with Crippen LogP contribution in [0.4, 0.5) is 0 Å². The molecule has 0 aliphatic rings. The molecule has 1 aromatic carbocycles. The van der Waals surface area contributed by atoms with Gasteiger partial charge in [0.05, 0.1) is 6.61 Å². The molecular formula is C8H15AlMgO2. The van der Waals surface area contributed by atoms with Gasteiger partial charge < -0.3 is 12.7 Å². The number of rotatable bonds is 3. The van der Waals surface area contributed by atoms with Gasteiger partial charge in [0.25, 0.3) is 0 Å². The van der Waals surface area contributed by atoms with Gasteiger partial charge in [-0.15, -0.1) is 0 Å². The van der Waals surface area contributed by atoms with Crippen LogP contribution in [-0.2, 0) is 0 Å². The minimum atomic E-state index is 0. The van der Waals surface area contributed by atoms with E-state index in [1.165, 1.54) is 0 Å². The molecule has 0 aliphatic carbocycles. The minimum Gasteiger partial charge on any atom is -1.00 e. The van der Waals surface area contributed by atoms with Crippen LogP contribution in [0.3, 0.4) is 0 Å². The largest absolute Gasteiger partial charge is 2.00 e. The van der Waals surface area contributed by atoms with Gasteiger partial charge in [0.1, 0.15) is 12.4 Å². The van der Waals surface area contributed by atoms with Crippen LogP contribution in [0.5, 0.6) is 5.75 Å². The normalized spacial score (nSPS) is 7.75. The Morgan fingerprint density at radius 3 is 2.33 bits per heavy atom. The molecule has 1 aromatic rings. The molecule has 0 unspecified atom stereocenters. The molecule has 0 aromatic heterocycles. The van der Waals surface area contributed by atoms with E-state index in [4.69, 9.17) is 9.84 Å². The second-order valence-corrected chi connectivity index (χ2v) is 1.89. The van der Waals surface area contributed by atoms with E-state index < -0.39 is 0 Å². The molecule has 4 heteroatoms. The second kappa shape index (κ2) is 9.37.